The van der Waals surface area contributed by atoms with E-state index in [-0.39, 0.29) is 17.1 Å². The number of carbonyl (C=O) groups is 2. The third kappa shape index (κ3) is 5.84. The van der Waals surface area contributed by atoms with Gasteiger partial charge in [0.1, 0.15) is 5.75 Å². The van der Waals surface area contributed by atoms with Crippen LogP contribution < -0.4 is 9.46 Å². The summed E-state index contributed by atoms with van der Waals surface area (Å²) in [4.78, 5) is 24.4. The molecule has 160 valence electrons. The first-order chi connectivity index (χ1) is 14.2. The molecule has 0 aliphatic heterocycles. The average molecular weight is 433 g/mol. The van der Waals surface area contributed by atoms with Crippen LogP contribution in [0.15, 0.2) is 65.6 Å². The molecule has 30 heavy (non-hydrogen) atoms. The van der Waals surface area contributed by atoms with E-state index in [1.165, 1.54) is 19.2 Å². The van der Waals surface area contributed by atoms with Crippen molar-refractivity contribution in [3.05, 3.63) is 71.8 Å². The Morgan fingerprint density at radius 3 is 2.20 bits per heavy atom. The minimum atomic E-state index is -4.16. The van der Waals surface area contributed by atoms with Gasteiger partial charge in [-0.3, -0.25) is 0 Å². The fourth-order valence-corrected chi connectivity index (χ4v) is 3.35. The maximum absolute atomic E-state index is 12.4. The van der Waals surface area contributed by atoms with Crippen LogP contribution in [0, 0.1) is 6.92 Å². The zero-order valence-electron chi connectivity index (χ0n) is 16.9. The number of methoxy groups -OCH3 is 1. The second-order valence-corrected chi connectivity index (χ2v) is 7.91. The van der Waals surface area contributed by atoms with E-state index in [0.717, 1.165) is 5.56 Å². The van der Waals surface area contributed by atoms with Gasteiger partial charge in [0.2, 0.25) is 0 Å². The molecule has 0 saturated carbocycles. The van der Waals surface area contributed by atoms with Gasteiger partial charge in [0.05, 0.1) is 24.2 Å². The first-order valence-corrected chi connectivity index (χ1v) is 10.5. The third-order valence-electron chi connectivity index (χ3n) is 4.05. The van der Waals surface area contributed by atoms with Crippen LogP contribution >= 0.6 is 0 Å². The lowest BCUT2D eigenvalue weighted by molar-refractivity contribution is -0.139. The summed E-state index contributed by atoms with van der Waals surface area (Å²) in [7, 11) is -2.67. The van der Waals surface area contributed by atoms with Gasteiger partial charge in [-0.05, 0) is 43.7 Å². The van der Waals surface area contributed by atoms with E-state index in [1.54, 1.807) is 50.2 Å². The van der Waals surface area contributed by atoms with Crippen molar-refractivity contribution >= 4 is 22.1 Å². The minimum absolute atomic E-state index is 0.0984. The standard InChI is InChI=1S/C21H23NO7S/c1-5-28-20(23)15(3)19(16-8-10-17(27-4)11-9-16)29-21(24)22-30(25,26)18-12-6-14(2)7-13-18/h6-13,19H,3,5H2,1-2,4H3,(H,22,24). The number of esters is 1. The van der Waals surface area contributed by atoms with Gasteiger partial charge in [-0.25, -0.2) is 22.7 Å². The summed E-state index contributed by atoms with van der Waals surface area (Å²) < 4.78 is 41.9. The van der Waals surface area contributed by atoms with Crippen LogP contribution in [0.2, 0.25) is 0 Å². The fourth-order valence-electron chi connectivity index (χ4n) is 2.47. The Hall–Kier alpha value is -3.33. The van der Waals surface area contributed by atoms with Crippen molar-refractivity contribution < 1.29 is 32.2 Å². The minimum Gasteiger partial charge on any atom is -0.497 e. The molecule has 0 aromatic heterocycles. The molecule has 0 bridgehead atoms. The number of benzene rings is 2. The molecule has 0 heterocycles. The van der Waals surface area contributed by atoms with Crippen molar-refractivity contribution in [1.82, 2.24) is 4.72 Å². The van der Waals surface area contributed by atoms with Crippen LogP contribution in [0.25, 0.3) is 0 Å². The summed E-state index contributed by atoms with van der Waals surface area (Å²) in [5.41, 5.74) is 1.09. The van der Waals surface area contributed by atoms with E-state index in [2.05, 4.69) is 6.58 Å². The highest BCUT2D eigenvalue weighted by atomic mass is 32.2. The normalized spacial score (nSPS) is 11.8. The summed E-state index contributed by atoms with van der Waals surface area (Å²) >= 11 is 0. The second-order valence-electron chi connectivity index (χ2n) is 6.22. The maximum Gasteiger partial charge on any atom is 0.422 e. The van der Waals surface area contributed by atoms with Gasteiger partial charge in [0.15, 0.2) is 6.10 Å². The van der Waals surface area contributed by atoms with E-state index in [1.807, 2.05) is 4.72 Å². The number of amides is 1. The Morgan fingerprint density at radius 1 is 1.07 bits per heavy atom. The number of sulfonamides is 1. The molecule has 0 aliphatic carbocycles. The SMILES string of the molecule is C=C(C(=O)OCC)C(OC(=O)NS(=O)(=O)c1ccc(C)cc1)c1ccc(OC)cc1. The molecule has 1 N–H and O–H groups in total. The molecule has 0 aliphatic rings. The highest BCUT2D eigenvalue weighted by Gasteiger charge is 2.28. The van der Waals surface area contributed by atoms with Gasteiger partial charge in [0.25, 0.3) is 10.0 Å². The summed E-state index contributed by atoms with van der Waals surface area (Å²) in [5.74, 6) is -0.224. The van der Waals surface area contributed by atoms with E-state index in [9.17, 15) is 18.0 Å². The van der Waals surface area contributed by atoms with Crippen molar-refractivity contribution in [2.75, 3.05) is 13.7 Å². The van der Waals surface area contributed by atoms with Crippen LogP contribution in [0.3, 0.4) is 0 Å². The van der Waals surface area contributed by atoms with E-state index >= 15 is 0 Å². The van der Waals surface area contributed by atoms with Crippen LogP contribution in [-0.2, 0) is 24.3 Å². The predicted octanol–water partition coefficient (Wildman–Crippen LogP) is 3.28. The Labute approximate surface area is 175 Å². The number of rotatable bonds is 8. The molecule has 0 radical (unpaired) electrons. The molecule has 2 aromatic carbocycles. The number of carbonyl (C=O) groups excluding carboxylic acids is 2. The Balaban J connectivity index is 2.25. The van der Waals surface area contributed by atoms with Gasteiger partial charge in [-0.15, -0.1) is 0 Å². The predicted molar refractivity (Wildman–Crippen MR) is 109 cm³/mol. The Bertz CT molecular complexity index is 1010. The Morgan fingerprint density at radius 2 is 1.67 bits per heavy atom. The fraction of sp³-hybridized carbons (Fsp3) is 0.238. The van der Waals surface area contributed by atoms with Gasteiger partial charge in [-0.1, -0.05) is 36.4 Å². The highest BCUT2D eigenvalue weighted by Crippen LogP contribution is 2.28. The van der Waals surface area contributed by atoms with Crippen LogP contribution in [0.1, 0.15) is 24.2 Å². The second kappa shape index (κ2) is 9.93. The van der Waals surface area contributed by atoms with Gasteiger partial charge < -0.3 is 14.2 Å². The zero-order valence-corrected chi connectivity index (χ0v) is 17.7. The molecular weight excluding hydrogens is 410 g/mol. The third-order valence-corrected chi connectivity index (χ3v) is 5.37. The lowest BCUT2D eigenvalue weighted by Gasteiger charge is -2.20. The number of hydrogen-bond donors (Lipinski definition) is 1. The summed E-state index contributed by atoms with van der Waals surface area (Å²) in [6, 6.07) is 12.3. The number of hydrogen-bond acceptors (Lipinski definition) is 7. The highest BCUT2D eigenvalue weighted by molar-refractivity contribution is 7.90. The van der Waals surface area contributed by atoms with Crippen LogP contribution in [0.5, 0.6) is 5.75 Å². The summed E-state index contributed by atoms with van der Waals surface area (Å²) in [6.07, 6.45) is -2.52. The molecule has 8 nitrogen and oxygen atoms in total. The lowest BCUT2D eigenvalue weighted by Crippen LogP contribution is -2.33. The summed E-state index contributed by atoms with van der Waals surface area (Å²) in [5, 5.41) is 0. The molecule has 9 heteroatoms. The first kappa shape index (κ1) is 23.0. The molecule has 0 saturated heterocycles. The molecule has 2 aromatic rings. The van der Waals surface area contributed by atoms with Gasteiger partial charge >= 0.3 is 12.1 Å². The number of nitrogens with one attached hydrogen (secondary N) is 1. The van der Waals surface area contributed by atoms with Crippen molar-refractivity contribution in [2.24, 2.45) is 0 Å². The largest absolute Gasteiger partial charge is 0.497 e. The molecule has 1 amide bonds. The number of aryl methyl sites for hydroxylation is 1. The molecule has 0 fully saturated rings. The molecule has 0 spiro atoms. The lowest BCUT2D eigenvalue weighted by atomic mass is 10.0. The number of ether oxygens (including phenoxy) is 3. The molecule has 1 unspecified atom stereocenters. The molecule has 2 rings (SSSR count). The van der Waals surface area contributed by atoms with Crippen molar-refractivity contribution in [3.8, 4) is 5.75 Å². The first-order valence-electron chi connectivity index (χ1n) is 8.98. The zero-order chi connectivity index (χ0) is 22.3. The van der Waals surface area contributed by atoms with Crippen LogP contribution in [-0.4, -0.2) is 34.2 Å². The van der Waals surface area contributed by atoms with Gasteiger partial charge in [0, 0.05) is 0 Å². The molecular formula is C21H23NO7S. The van der Waals surface area contributed by atoms with Gasteiger partial charge in [-0.2, -0.15) is 0 Å². The average Bonchev–Trinajstić information content (AvgIpc) is 2.72. The van der Waals surface area contributed by atoms with Crippen LogP contribution in [0.4, 0.5) is 4.79 Å². The molecule has 1 atom stereocenters. The van der Waals surface area contributed by atoms with Crippen molar-refractivity contribution in [3.63, 3.8) is 0 Å². The van der Waals surface area contributed by atoms with E-state index in [4.69, 9.17) is 14.2 Å². The van der Waals surface area contributed by atoms with E-state index in [0.29, 0.717) is 11.3 Å². The van der Waals surface area contributed by atoms with E-state index < -0.39 is 28.2 Å². The van der Waals surface area contributed by atoms with Crippen molar-refractivity contribution in [1.29, 1.82) is 0 Å². The summed E-state index contributed by atoms with van der Waals surface area (Å²) in [6.45, 7) is 7.17. The Kier molecular flexibility index (Phi) is 7.60. The topological polar surface area (TPSA) is 108 Å². The van der Waals surface area contributed by atoms with Crippen molar-refractivity contribution in [2.45, 2.75) is 24.8 Å². The quantitative estimate of drug-likeness (QED) is 0.503. The monoisotopic (exact) mass is 433 g/mol. The maximum atomic E-state index is 12.4. The smallest absolute Gasteiger partial charge is 0.422 e.